The van der Waals surface area contributed by atoms with Crippen molar-refractivity contribution in [2.24, 2.45) is 5.92 Å². The summed E-state index contributed by atoms with van der Waals surface area (Å²) in [5.41, 5.74) is 7.02. The van der Waals surface area contributed by atoms with Crippen LogP contribution >= 0.6 is 0 Å². The molecule has 0 saturated carbocycles. The van der Waals surface area contributed by atoms with Crippen LogP contribution in [-0.2, 0) is 5.41 Å². The Kier molecular flexibility index (Phi) is 12.0. The van der Waals surface area contributed by atoms with Gasteiger partial charge in [-0.25, -0.2) is 14.4 Å². The molecule has 0 radical (unpaired) electrons. The highest BCUT2D eigenvalue weighted by atomic mass is 16.5. The van der Waals surface area contributed by atoms with Crippen LogP contribution in [0.5, 0.6) is 23.0 Å². The second-order valence-corrected chi connectivity index (χ2v) is 15.6. The minimum atomic E-state index is -0.657. The van der Waals surface area contributed by atoms with Crippen LogP contribution in [0.25, 0.3) is 10.8 Å². The predicted molar refractivity (Wildman–Crippen MR) is 226 cm³/mol. The zero-order valence-electron chi connectivity index (χ0n) is 34.4. The molecule has 8 heteroatoms. The van der Waals surface area contributed by atoms with Crippen molar-refractivity contribution in [2.45, 2.75) is 67.2 Å². The van der Waals surface area contributed by atoms with E-state index in [1.54, 1.807) is 86.0 Å². The summed E-state index contributed by atoms with van der Waals surface area (Å²) < 4.78 is 23.0. The normalized spacial score (nSPS) is 12.2. The molecule has 6 rings (SSSR count). The molecular weight excluding hydrogens is 729 g/mol. The molecule has 0 aliphatic heterocycles. The van der Waals surface area contributed by atoms with Crippen LogP contribution < -0.4 is 18.9 Å². The van der Waals surface area contributed by atoms with Crippen LogP contribution in [0, 0.1) is 33.6 Å². The Labute approximate surface area is 339 Å². The lowest BCUT2D eigenvalue weighted by atomic mass is 9.70. The Bertz CT molecular complexity index is 2520. The van der Waals surface area contributed by atoms with Gasteiger partial charge >= 0.3 is 17.9 Å². The second-order valence-electron chi connectivity index (χ2n) is 15.6. The fourth-order valence-corrected chi connectivity index (χ4v) is 7.67. The number of esters is 3. The first-order valence-corrected chi connectivity index (χ1v) is 19.2. The number of carbonyl (C=O) groups is 4. The van der Waals surface area contributed by atoms with E-state index in [2.05, 4.69) is 58.9 Å². The Morgan fingerprint density at radius 2 is 0.983 bits per heavy atom. The first kappa shape index (κ1) is 41.1. The maximum atomic E-state index is 13.6. The van der Waals surface area contributed by atoms with Crippen LogP contribution in [0.1, 0.15) is 109 Å². The molecule has 296 valence electrons. The number of ether oxygens (including phenoxy) is 4. The molecule has 6 aromatic carbocycles. The van der Waals surface area contributed by atoms with E-state index in [1.807, 2.05) is 13.8 Å². The number of methoxy groups -OCH3 is 1. The molecule has 0 aliphatic rings. The number of fused-ring (bicyclic) bond motifs is 1. The van der Waals surface area contributed by atoms with Gasteiger partial charge in [0.1, 0.15) is 23.0 Å². The number of benzene rings is 6. The molecule has 0 N–H and O–H groups in total. The summed E-state index contributed by atoms with van der Waals surface area (Å²) in [7, 11) is 1.70. The molecule has 0 aliphatic carbocycles. The highest BCUT2D eigenvalue weighted by Crippen LogP contribution is 2.43. The standard InChI is InChI=1S/C50H48O8/c1-29(2)28-50(8,41-21-30(3)45(55-9)31(4)22-41)42-23-32(5)46(33(6)24-42)58-49(54)39-12-10-11-38(25-39)48(53)57-44-20-18-36-17-19-43(26-40(36)27-44)56-47(52)37-15-13-35(14-16-37)34(7)51/h10-27,29H,28H2,1-9H3. The Morgan fingerprint density at radius 3 is 1.45 bits per heavy atom. The van der Waals surface area contributed by atoms with Gasteiger partial charge in [-0.3, -0.25) is 4.79 Å². The van der Waals surface area contributed by atoms with E-state index in [0.29, 0.717) is 33.9 Å². The number of aryl methyl sites for hydroxylation is 4. The van der Waals surface area contributed by atoms with Gasteiger partial charge in [-0.15, -0.1) is 0 Å². The molecule has 0 aromatic heterocycles. The van der Waals surface area contributed by atoms with Crippen LogP contribution in [0.2, 0.25) is 0 Å². The third-order valence-corrected chi connectivity index (χ3v) is 10.5. The SMILES string of the molecule is COc1c(C)cc(C(C)(CC(C)C)c2cc(C)c(OC(=O)c3cccc(C(=O)Oc4ccc5ccc(OC(=O)c6ccc(C(C)=O)cc6)cc5c4)c3)c(C)c2)cc1C. The quantitative estimate of drug-likeness (QED) is 0.0687. The molecular formula is C50H48O8. The van der Waals surface area contributed by atoms with E-state index in [0.717, 1.165) is 45.4 Å². The van der Waals surface area contributed by atoms with Crippen LogP contribution in [-0.4, -0.2) is 30.8 Å². The average molecular weight is 777 g/mol. The minimum Gasteiger partial charge on any atom is -0.496 e. The lowest BCUT2D eigenvalue weighted by Crippen LogP contribution is -2.27. The lowest BCUT2D eigenvalue weighted by Gasteiger charge is -2.34. The largest absolute Gasteiger partial charge is 0.496 e. The Balaban J connectivity index is 1.17. The van der Waals surface area contributed by atoms with Gasteiger partial charge in [-0.1, -0.05) is 75.4 Å². The van der Waals surface area contributed by atoms with Gasteiger partial charge in [0, 0.05) is 11.0 Å². The van der Waals surface area contributed by atoms with E-state index in [4.69, 9.17) is 18.9 Å². The third kappa shape index (κ3) is 8.87. The molecule has 0 heterocycles. The first-order valence-electron chi connectivity index (χ1n) is 19.2. The van der Waals surface area contributed by atoms with Crippen molar-refractivity contribution in [2.75, 3.05) is 7.11 Å². The summed E-state index contributed by atoms with van der Waals surface area (Å²) in [5.74, 6) is 0.433. The monoisotopic (exact) mass is 776 g/mol. The summed E-state index contributed by atoms with van der Waals surface area (Å²) in [6, 6.07) is 31.4. The zero-order chi connectivity index (χ0) is 41.9. The molecule has 0 amide bonds. The Hall–Kier alpha value is -6.54. The maximum absolute atomic E-state index is 13.6. The maximum Gasteiger partial charge on any atom is 0.343 e. The number of hydrogen-bond donors (Lipinski definition) is 0. The van der Waals surface area contributed by atoms with Gasteiger partial charge in [0.15, 0.2) is 5.78 Å². The van der Waals surface area contributed by atoms with Crippen LogP contribution in [0.4, 0.5) is 0 Å². The highest BCUT2D eigenvalue weighted by molar-refractivity contribution is 5.98. The Morgan fingerprint density at radius 1 is 0.534 bits per heavy atom. The molecule has 0 bridgehead atoms. The van der Waals surface area contributed by atoms with Gasteiger partial charge in [-0.05, 0) is 146 Å². The second kappa shape index (κ2) is 16.9. The third-order valence-electron chi connectivity index (χ3n) is 10.5. The summed E-state index contributed by atoms with van der Waals surface area (Å²) in [4.78, 5) is 51.3. The molecule has 0 spiro atoms. The number of ketones is 1. The molecule has 58 heavy (non-hydrogen) atoms. The molecule has 8 nitrogen and oxygen atoms in total. The highest BCUT2D eigenvalue weighted by Gasteiger charge is 2.32. The molecule has 0 fully saturated rings. The smallest absolute Gasteiger partial charge is 0.343 e. The molecule has 0 saturated heterocycles. The van der Waals surface area contributed by atoms with E-state index in [9.17, 15) is 19.2 Å². The minimum absolute atomic E-state index is 0.0969. The molecule has 6 aromatic rings. The fourth-order valence-electron chi connectivity index (χ4n) is 7.67. The van der Waals surface area contributed by atoms with Crippen LogP contribution in [0.15, 0.2) is 109 Å². The first-order chi connectivity index (χ1) is 27.6. The topological polar surface area (TPSA) is 105 Å². The van der Waals surface area contributed by atoms with Gasteiger partial charge < -0.3 is 18.9 Å². The fraction of sp³-hybridized carbons (Fsp3) is 0.240. The van der Waals surface area contributed by atoms with Crippen molar-refractivity contribution in [3.05, 3.63) is 165 Å². The summed E-state index contributed by atoms with van der Waals surface area (Å²) in [6.07, 6.45) is 0.912. The molecule has 1 atom stereocenters. The van der Waals surface area contributed by atoms with Crippen molar-refractivity contribution in [1.29, 1.82) is 0 Å². The van der Waals surface area contributed by atoms with Crippen molar-refractivity contribution in [3.8, 4) is 23.0 Å². The number of Topliss-reactive ketones (excluding diaryl/α,β-unsaturated/α-hetero) is 1. The average Bonchev–Trinajstić information content (AvgIpc) is 3.18. The summed E-state index contributed by atoms with van der Waals surface area (Å²) >= 11 is 0. The van der Waals surface area contributed by atoms with Gasteiger partial charge in [-0.2, -0.15) is 0 Å². The van der Waals surface area contributed by atoms with Gasteiger partial charge in [0.05, 0.1) is 23.8 Å². The van der Waals surface area contributed by atoms with Crippen molar-refractivity contribution in [3.63, 3.8) is 0 Å². The van der Waals surface area contributed by atoms with E-state index in [-0.39, 0.29) is 28.1 Å². The number of carbonyl (C=O) groups excluding carboxylic acids is 4. The van der Waals surface area contributed by atoms with E-state index in [1.165, 1.54) is 18.6 Å². The number of rotatable bonds is 12. The van der Waals surface area contributed by atoms with E-state index < -0.39 is 17.9 Å². The predicted octanol–water partition coefficient (Wildman–Crippen LogP) is 11.3. The van der Waals surface area contributed by atoms with Crippen molar-refractivity contribution < 1.29 is 38.1 Å². The zero-order valence-corrected chi connectivity index (χ0v) is 34.4. The van der Waals surface area contributed by atoms with Gasteiger partial charge in [0.25, 0.3) is 0 Å². The summed E-state index contributed by atoms with van der Waals surface area (Å²) in [6.45, 7) is 16.2. The lowest BCUT2D eigenvalue weighted by molar-refractivity contribution is 0.0721. The van der Waals surface area contributed by atoms with Crippen molar-refractivity contribution >= 4 is 34.5 Å². The van der Waals surface area contributed by atoms with E-state index >= 15 is 0 Å². The van der Waals surface area contributed by atoms with Crippen LogP contribution in [0.3, 0.4) is 0 Å². The molecule has 1 unspecified atom stereocenters. The number of hydrogen-bond acceptors (Lipinski definition) is 8. The summed E-state index contributed by atoms with van der Waals surface area (Å²) in [5, 5.41) is 1.51. The van der Waals surface area contributed by atoms with Crippen molar-refractivity contribution in [1.82, 2.24) is 0 Å². The van der Waals surface area contributed by atoms with Gasteiger partial charge in [0.2, 0.25) is 0 Å².